The SMILES string of the molecule is O=C(NCC1CC2C1C21CCN(c2ccc(OC(F)(F)F)cc2)CC1)c1cc2c([nH]1)CCCC2. The lowest BCUT2D eigenvalue weighted by Gasteiger charge is -2.34. The van der Waals surface area contributed by atoms with Crippen molar-refractivity contribution in [3.63, 3.8) is 0 Å². The van der Waals surface area contributed by atoms with Gasteiger partial charge in [0.2, 0.25) is 0 Å². The van der Waals surface area contributed by atoms with Crippen molar-refractivity contribution in [1.29, 1.82) is 0 Å². The lowest BCUT2D eigenvalue weighted by molar-refractivity contribution is -0.274. The van der Waals surface area contributed by atoms with E-state index in [1.54, 1.807) is 12.1 Å². The number of hydrogen-bond acceptors (Lipinski definition) is 3. The number of nitrogens with zero attached hydrogens (tertiary/aromatic N) is 1. The van der Waals surface area contributed by atoms with Crippen LogP contribution < -0.4 is 15.0 Å². The van der Waals surface area contributed by atoms with E-state index in [1.165, 1.54) is 42.7 Å². The van der Waals surface area contributed by atoms with Gasteiger partial charge in [0.1, 0.15) is 11.4 Å². The van der Waals surface area contributed by atoms with Crippen LogP contribution in [0.25, 0.3) is 0 Å². The molecule has 2 heterocycles. The first kappa shape index (κ1) is 21.9. The van der Waals surface area contributed by atoms with Crippen molar-refractivity contribution in [2.75, 3.05) is 24.5 Å². The minimum Gasteiger partial charge on any atom is -0.406 e. The Balaban J connectivity index is 0.992. The van der Waals surface area contributed by atoms with Gasteiger partial charge < -0.3 is 19.9 Å². The van der Waals surface area contributed by atoms with Crippen molar-refractivity contribution < 1.29 is 22.7 Å². The first-order valence-corrected chi connectivity index (χ1v) is 12.4. The maximum Gasteiger partial charge on any atom is 0.573 e. The van der Waals surface area contributed by atoms with Crippen LogP contribution >= 0.6 is 0 Å². The number of rotatable bonds is 5. The predicted molar refractivity (Wildman–Crippen MR) is 122 cm³/mol. The number of aromatic nitrogens is 1. The third kappa shape index (κ3) is 3.85. The number of alkyl halides is 3. The molecule has 8 heteroatoms. The number of halogens is 3. The summed E-state index contributed by atoms with van der Waals surface area (Å²) in [5, 5.41) is 3.17. The molecular weight excluding hydrogens is 443 g/mol. The predicted octanol–water partition coefficient (Wildman–Crippen LogP) is 5.07. The van der Waals surface area contributed by atoms with Gasteiger partial charge in [-0.25, -0.2) is 0 Å². The Bertz CT molecular complexity index is 1050. The van der Waals surface area contributed by atoms with Crippen LogP contribution in [0.5, 0.6) is 5.75 Å². The van der Waals surface area contributed by atoms with Crippen molar-refractivity contribution in [2.24, 2.45) is 23.2 Å². The average Bonchev–Trinajstić information content (AvgIpc) is 3.07. The fourth-order valence-electron chi connectivity index (χ4n) is 7.07. The van der Waals surface area contributed by atoms with Gasteiger partial charge in [-0.2, -0.15) is 0 Å². The van der Waals surface area contributed by atoms with Gasteiger partial charge in [-0.05, 0) is 104 Å². The first-order valence-electron chi connectivity index (χ1n) is 12.4. The van der Waals surface area contributed by atoms with Crippen LogP contribution in [0.2, 0.25) is 0 Å². The van der Waals surface area contributed by atoms with E-state index in [1.807, 2.05) is 6.07 Å². The fourth-order valence-corrected chi connectivity index (χ4v) is 7.07. The number of ether oxygens (including phenoxy) is 1. The molecule has 0 radical (unpaired) electrons. The standard InChI is InChI=1S/C26H30F3N3O2/c27-26(28,29)34-19-7-5-18(6-8-19)32-11-9-25(10-12-32)20-13-17(23(20)25)15-30-24(33)22-14-16-3-1-2-4-21(16)31-22/h5-8,14,17,20,23,31H,1-4,9-13,15H2,(H,30,33). The fraction of sp³-hybridized carbons (Fsp3) is 0.577. The van der Waals surface area contributed by atoms with Gasteiger partial charge in [0.25, 0.3) is 5.91 Å². The van der Waals surface area contributed by atoms with Gasteiger partial charge in [-0.3, -0.25) is 4.79 Å². The Labute approximate surface area is 197 Å². The molecular formula is C26H30F3N3O2. The number of H-pyrrole nitrogens is 1. The third-order valence-electron chi connectivity index (χ3n) is 8.81. The molecule has 1 aliphatic heterocycles. The molecule has 182 valence electrons. The molecule has 4 aliphatic rings. The Hall–Kier alpha value is -2.64. The molecule has 1 spiro atoms. The Morgan fingerprint density at radius 2 is 1.88 bits per heavy atom. The molecule has 1 aromatic heterocycles. The first-order chi connectivity index (χ1) is 16.3. The number of hydrogen-bond donors (Lipinski definition) is 2. The van der Waals surface area contributed by atoms with Crippen molar-refractivity contribution in [3.8, 4) is 5.75 Å². The number of aryl methyl sites for hydroxylation is 2. The van der Waals surface area contributed by atoms with E-state index in [0.717, 1.165) is 56.9 Å². The smallest absolute Gasteiger partial charge is 0.406 e. The van der Waals surface area contributed by atoms with Gasteiger partial charge in [0, 0.05) is 31.0 Å². The monoisotopic (exact) mass is 473 g/mol. The second-order valence-corrected chi connectivity index (χ2v) is 10.5. The number of carbonyl (C=O) groups is 1. The lowest BCUT2D eigenvalue weighted by atomic mass is 9.85. The van der Waals surface area contributed by atoms with Crippen LogP contribution in [0, 0.1) is 23.2 Å². The summed E-state index contributed by atoms with van der Waals surface area (Å²) in [7, 11) is 0. The summed E-state index contributed by atoms with van der Waals surface area (Å²) >= 11 is 0. The molecule has 0 bridgehead atoms. The normalized spacial score (nSPS) is 26.9. The Morgan fingerprint density at radius 1 is 1.15 bits per heavy atom. The number of amides is 1. The summed E-state index contributed by atoms with van der Waals surface area (Å²) in [6, 6.07) is 8.21. The van der Waals surface area contributed by atoms with Crippen LogP contribution in [0.4, 0.5) is 18.9 Å². The van der Waals surface area contributed by atoms with E-state index in [9.17, 15) is 18.0 Å². The van der Waals surface area contributed by atoms with E-state index in [-0.39, 0.29) is 11.7 Å². The molecule has 5 nitrogen and oxygen atoms in total. The number of carbonyl (C=O) groups excluding carboxylic acids is 1. The molecule has 1 saturated heterocycles. The maximum absolute atomic E-state index is 12.7. The summed E-state index contributed by atoms with van der Waals surface area (Å²) in [6.07, 6.45) is 3.24. The van der Waals surface area contributed by atoms with Gasteiger partial charge >= 0.3 is 6.36 Å². The lowest BCUT2D eigenvalue weighted by Crippen LogP contribution is -2.36. The highest BCUT2D eigenvalue weighted by molar-refractivity contribution is 5.92. The van der Waals surface area contributed by atoms with E-state index >= 15 is 0 Å². The highest BCUT2D eigenvalue weighted by Crippen LogP contribution is 2.77. The van der Waals surface area contributed by atoms with Crippen LogP contribution in [-0.4, -0.2) is 36.9 Å². The average molecular weight is 474 g/mol. The number of fused-ring (bicyclic) bond motifs is 4. The van der Waals surface area contributed by atoms with Crippen molar-refractivity contribution in [1.82, 2.24) is 10.3 Å². The third-order valence-corrected chi connectivity index (χ3v) is 8.81. The molecule has 1 amide bonds. The largest absolute Gasteiger partial charge is 0.573 e. The maximum atomic E-state index is 12.7. The highest BCUT2D eigenvalue weighted by atomic mass is 19.4. The van der Waals surface area contributed by atoms with E-state index < -0.39 is 6.36 Å². The molecule has 3 atom stereocenters. The summed E-state index contributed by atoms with van der Waals surface area (Å²) in [6.45, 7) is 2.58. The zero-order valence-corrected chi connectivity index (χ0v) is 19.1. The second-order valence-electron chi connectivity index (χ2n) is 10.5. The minimum absolute atomic E-state index is 0.0142. The van der Waals surface area contributed by atoms with Crippen LogP contribution in [0.3, 0.4) is 0 Å². The van der Waals surface area contributed by atoms with E-state index in [2.05, 4.69) is 19.9 Å². The van der Waals surface area contributed by atoms with Gasteiger partial charge in [-0.1, -0.05) is 0 Å². The molecule has 2 saturated carbocycles. The molecule has 2 N–H and O–H groups in total. The summed E-state index contributed by atoms with van der Waals surface area (Å²) in [4.78, 5) is 18.3. The van der Waals surface area contributed by atoms with Crippen LogP contribution in [0.15, 0.2) is 30.3 Å². The molecule has 3 unspecified atom stereocenters. The number of nitrogens with one attached hydrogen (secondary N) is 2. The number of aromatic amines is 1. The van der Waals surface area contributed by atoms with Gasteiger partial charge in [0.15, 0.2) is 0 Å². The van der Waals surface area contributed by atoms with Crippen molar-refractivity contribution in [3.05, 3.63) is 47.3 Å². The topological polar surface area (TPSA) is 57.4 Å². The number of piperidine rings is 1. The quantitative estimate of drug-likeness (QED) is 0.637. The number of anilines is 1. The molecule has 6 rings (SSSR count). The second kappa shape index (κ2) is 7.95. The molecule has 2 aromatic rings. The van der Waals surface area contributed by atoms with Gasteiger partial charge in [0.05, 0.1) is 0 Å². The zero-order chi connectivity index (χ0) is 23.5. The molecule has 1 aromatic carbocycles. The Kier molecular flexibility index (Phi) is 5.12. The summed E-state index contributed by atoms with van der Waals surface area (Å²) in [5.41, 5.74) is 4.57. The van der Waals surface area contributed by atoms with Crippen molar-refractivity contribution >= 4 is 11.6 Å². The zero-order valence-electron chi connectivity index (χ0n) is 19.1. The minimum atomic E-state index is -4.67. The molecule has 3 fully saturated rings. The van der Waals surface area contributed by atoms with Crippen LogP contribution in [-0.2, 0) is 12.8 Å². The summed E-state index contributed by atoms with van der Waals surface area (Å²) < 4.78 is 41.1. The van der Waals surface area contributed by atoms with Gasteiger partial charge in [-0.15, -0.1) is 13.2 Å². The molecule has 34 heavy (non-hydrogen) atoms. The Morgan fingerprint density at radius 3 is 2.59 bits per heavy atom. The number of benzene rings is 1. The van der Waals surface area contributed by atoms with Crippen LogP contribution in [0.1, 0.15) is 53.8 Å². The van der Waals surface area contributed by atoms with E-state index in [4.69, 9.17) is 0 Å². The van der Waals surface area contributed by atoms with Crippen molar-refractivity contribution in [2.45, 2.75) is 51.3 Å². The highest BCUT2D eigenvalue weighted by Gasteiger charge is 2.72. The van der Waals surface area contributed by atoms with E-state index in [0.29, 0.717) is 22.9 Å². The molecule has 3 aliphatic carbocycles. The summed E-state index contributed by atoms with van der Waals surface area (Å²) in [5.74, 6) is 1.87.